The first-order valence-corrected chi connectivity index (χ1v) is 6.62. The molecule has 1 aromatic carbocycles. The van der Waals surface area contributed by atoms with Gasteiger partial charge in [-0.3, -0.25) is 0 Å². The van der Waals surface area contributed by atoms with Gasteiger partial charge in [0.05, 0.1) is 7.11 Å². The molecule has 1 aromatic rings. The van der Waals surface area contributed by atoms with Crippen LogP contribution in [0.15, 0.2) is 29.2 Å². The van der Waals surface area contributed by atoms with Crippen LogP contribution in [0.2, 0.25) is 0 Å². The molecule has 2 nitrogen and oxygen atoms in total. The lowest BCUT2D eigenvalue weighted by Gasteiger charge is -2.28. The average molecular weight is 237 g/mol. The van der Waals surface area contributed by atoms with Crippen LogP contribution >= 0.6 is 11.9 Å². The smallest absolute Gasteiger partial charge is 0.118 e. The molecule has 2 rings (SSSR count). The van der Waals surface area contributed by atoms with Gasteiger partial charge < -0.3 is 4.74 Å². The Morgan fingerprint density at radius 1 is 1.19 bits per heavy atom. The molecule has 1 saturated heterocycles. The first kappa shape index (κ1) is 11.8. The van der Waals surface area contributed by atoms with Gasteiger partial charge in [-0.25, -0.2) is 4.31 Å². The van der Waals surface area contributed by atoms with Gasteiger partial charge in [0, 0.05) is 18.0 Å². The molecule has 88 valence electrons. The average Bonchev–Trinajstić information content (AvgIpc) is 2.33. The molecule has 1 aliphatic rings. The minimum atomic E-state index is 0.896. The quantitative estimate of drug-likeness (QED) is 0.747. The minimum absolute atomic E-state index is 0.896. The molecule has 0 aromatic heterocycles. The maximum Gasteiger partial charge on any atom is 0.118 e. The number of hydrogen-bond acceptors (Lipinski definition) is 3. The number of piperidine rings is 1. The zero-order valence-electron chi connectivity index (χ0n) is 9.98. The summed E-state index contributed by atoms with van der Waals surface area (Å²) in [5.41, 5.74) is 0. The number of nitrogens with zero attached hydrogens (tertiary/aromatic N) is 1. The number of hydrogen-bond donors (Lipinski definition) is 0. The lowest BCUT2D eigenvalue weighted by Crippen LogP contribution is -2.27. The van der Waals surface area contributed by atoms with E-state index in [2.05, 4.69) is 23.4 Å². The molecule has 3 heteroatoms. The van der Waals surface area contributed by atoms with Crippen LogP contribution in [0.5, 0.6) is 5.75 Å². The van der Waals surface area contributed by atoms with Crippen LogP contribution in [0.3, 0.4) is 0 Å². The standard InChI is InChI=1S/C13H19NOS/c1-11-7-9-14(10-8-11)16-13-5-3-12(15-2)4-6-13/h3-6,11H,7-10H2,1-2H3. The number of methoxy groups -OCH3 is 1. The third-order valence-corrected chi connectivity index (χ3v) is 4.14. The zero-order valence-corrected chi connectivity index (χ0v) is 10.8. The molecule has 0 atom stereocenters. The fourth-order valence-electron chi connectivity index (χ4n) is 1.86. The Morgan fingerprint density at radius 2 is 1.81 bits per heavy atom. The maximum absolute atomic E-state index is 5.15. The van der Waals surface area contributed by atoms with Crippen LogP contribution in [0, 0.1) is 5.92 Å². The lowest BCUT2D eigenvalue weighted by molar-refractivity contribution is 0.308. The molecule has 1 fully saturated rings. The Morgan fingerprint density at radius 3 is 2.38 bits per heavy atom. The van der Waals surface area contributed by atoms with Gasteiger partial charge in [0.2, 0.25) is 0 Å². The van der Waals surface area contributed by atoms with E-state index in [9.17, 15) is 0 Å². The lowest BCUT2D eigenvalue weighted by atomic mass is 10.0. The molecule has 0 N–H and O–H groups in total. The topological polar surface area (TPSA) is 12.5 Å². The molecule has 1 aliphatic heterocycles. The predicted molar refractivity (Wildman–Crippen MR) is 68.8 cm³/mol. The molecule has 0 unspecified atom stereocenters. The van der Waals surface area contributed by atoms with Crippen LogP contribution in [0.1, 0.15) is 19.8 Å². The highest BCUT2D eigenvalue weighted by atomic mass is 32.2. The monoisotopic (exact) mass is 237 g/mol. The van der Waals surface area contributed by atoms with E-state index in [0.717, 1.165) is 11.7 Å². The normalized spacial score (nSPS) is 18.6. The molecular formula is C13H19NOS. The molecule has 16 heavy (non-hydrogen) atoms. The van der Waals surface area contributed by atoms with E-state index in [0.29, 0.717) is 0 Å². The van der Waals surface area contributed by atoms with E-state index in [1.807, 2.05) is 24.1 Å². The Balaban J connectivity index is 1.88. The fraction of sp³-hybridized carbons (Fsp3) is 0.538. The summed E-state index contributed by atoms with van der Waals surface area (Å²) in [6, 6.07) is 8.30. The largest absolute Gasteiger partial charge is 0.497 e. The van der Waals surface area contributed by atoms with E-state index >= 15 is 0 Å². The molecular weight excluding hydrogens is 218 g/mol. The van der Waals surface area contributed by atoms with E-state index < -0.39 is 0 Å². The third kappa shape index (κ3) is 3.16. The SMILES string of the molecule is COc1ccc(SN2CCC(C)CC2)cc1. The molecule has 0 spiro atoms. The summed E-state index contributed by atoms with van der Waals surface area (Å²) in [6.07, 6.45) is 2.65. The predicted octanol–water partition coefficient (Wildman–Crippen LogP) is 3.43. The molecule has 0 saturated carbocycles. The first-order valence-electron chi connectivity index (χ1n) is 5.85. The second-order valence-electron chi connectivity index (χ2n) is 4.38. The van der Waals surface area contributed by atoms with Crippen molar-refractivity contribution in [3.63, 3.8) is 0 Å². The molecule has 0 bridgehead atoms. The third-order valence-electron chi connectivity index (χ3n) is 3.04. The molecule has 1 heterocycles. The van der Waals surface area contributed by atoms with E-state index in [-0.39, 0.29) is 0 Å². The summed E-state index contributed by atoms with van der Waals surface area (Å²) in [5, 5.41) is 0. The van der Waals surface area contributed by atoms with Gasteiger partial charge in [-0.15, -0.1) is 0 Å². The van der Waals surface area contributed by atoms with Gasteiger partial charge in [-0.05, 0) is 55.0 Å². The van der Waals surface area contributed by atoms with Crippen LogP contribution in [-0.2, 0) is 0 Å². The van der Waals surface area contributed by atoms with Gasteiger partial charge in [0.25, 0.3) is 0 Å². The van der Waals surface area contributed by atoms with Gasteiger partial charge in [-0.1, -0.05) is 6.92 Å². The van der Waals surface area contributed by atoms with E-state index in [1.165, 1.54) is 30.8 Å². The van der Waals surface area contributed by atoms with Crippen LogP contribution in [0.25, 0.3) is 0 Å². The summed E-state index contributed by atoms with van der Waals surface area (Å²) < 4.78 is 7.61. The summed E-state index contributed by atoms with van der Waals surface area (Å²) in [4.78, 5) is 1.30. The van der Waals surface area contributed by atoms with Gasteiger partial charge in [0.15, 0.2) is 0 Å². The second kappa shape index (κ2) is 5.60. The highest BCUT2D eigenvalue weighted by Crippen LogP contribution is 2.28. The van der Waals surface area contributed by atoms with Crippen molar-refractivity contribution in [1.29, 1.82) is 0 Å². The Labute approximate surface area is 102 Å². The van der Waals surface area contributed by atoms with Gasteiger partial charge in [-0.2, -0.15) is 0 Å². The minimum Gasteiger partial charge on any atom is -0.497 e. The van der Waals surface area contributed by atoms with Crippen LogP contribution in [0.4, 0.5) is 0 Å². The van der Waals surface area contributed by atoms with Crippen molar-refractivity contribution < 1.29 is 4.74 Å². The van der Waals surface area contributed by atoms with Crippen molar-refractivity contribution in [3.05, 3.63) is 24.3 Å². The molecule has 0 amide bonds. The highest BCUT2D eigenvalue weighted by molar-refractivity contribution is 7.97. The molecule has 0 aliphatic carbocycles. The molecule has 0 radical (unpaired) electrons. The number of ether oxygens (including phenoxy) is 1. The fourth-order valence-corrected chi connectivity index (χ4v) is 2.81. The van der Waals surface area contributed by atoms with E-state index in [4.69, 9.17) is 4.74 Å². The van der Waals surface area contributed by atoms with Crippen molar-refractivity contribution in [2.75, 3.05) is 20.2 Å². The highest BCUT2D eigenvalue weighted by Gasteiger charge is 2.16. The zero-order chi connectivity index (χ0) is 11.4. The van der Waals surface area contributed by atoms with Crippen molar-refractivity contribution in [1.82, 2.24) is 4.31 Å². The van der Waals surface area contributed by atoms with Crippen molar-refractivity contribution in [2.45, 2.75) is 24.7 Å². The van der Waals surface area contributed by atoms with E-state index in [1.54, 1.807) is 7.11 Å². The Bertz CT molecular complexity index is 317. The Hall–Kier alpha value is -0.670. The first-order chi connectivity index (χ1) is 7.78. The van der Waals surface area contributed by atoms with Crippen LogP contribution in [-0.4, -0.2) is 24.5 Å². The second-order valence-corrected chi connectivity index (χ2v) is 5.55. The number of benzene rings is 1. The summed E-state index contributed by atoms with van der Waals surface area (Å²) in [7, 11) is 1.70. The van der Waals surface area contributed by atoms with Gasteiger partial charge >= 0.3 is 0 Å². The van der Waals surface area contributed by atoms with Gasteiger partial charge in [0.1, 0.15) is 5.75 Å². The van der Waals surface area contributed by atoms with Crippen LogP contribution < -0.4 is 4.74 Å². The summed E-state index contributed by atoms with van der Waals surface area (Å²) in [6.45, 7) is 4.76. The van der Waals surface area contributed by atoms with Crippen molar-refractivity contribution in [3.8, 4) is 5.75 Å². The Kier molecular flexibility index (Phi) is 4.13. The summed E-state index contributed by atoms with van der Waals surface area (Å²) in [5.74, 6) is 1.82. The van der Waals surface area contributed by atoms with Crippen molar-refractivity contribution >= 4 is 11.9 Å². The maximum atomic E-state index is 5.15. The number of rotatable bonds is 3. The summed E-state index contributed by atoms with van der Waals surface area (Å²) >= 11 is 1.86. The van der Waals surface area contributed by atoms with Crippen molar-refractivity contribution in [2.24, 2.45) is 5.92 Å².